The fraction of sp³-hybridized carbons (Fsp3) is 0.538. The van der Waals surface area contributed by atoms with E-state index in [2.05, 4.69) is 29.6 Å². The molecule has 2 N–H and O–H groups in total. The molecule has 0 unspecified atom stereocenters. The molecule has 82 valence electrons. The van der Waals surface area contributed by atoms with Gasteiger partial charge < -0.3 is 10.4 Å². The smallest absolute Gasteiger partial charge is 0.0471 e. The number of aliphatic hydroxyl groups is 1. The van der Waals surface area contributed by atoms with Gasteiger partial charge >= 0.3 is 0 Å². The van der Waals surface area contributed by atoms with E-state index in [1.807, 2.05) is 0 Å². The van der Waals surface area contributed by atoms with Gasteiger partial charge in [-0.3, -0.25) is 0 Å². The molecule has 15 heavy (non-hydrogen) atoms. The van der Waals surface area contributed by atoms with Crippen LogP contribution in [0.3, 0.4) is 0 Å². The minimum atomic E-state index is 0.231. The van der Waals surface area contributed by atoms with E-state index < -0.39 is 0 Å². The van der Waals surface area contributed by atoms with Crippen molar-refractivity contribution in [1.29, 1.82) is 0 Å². The summed E-state index contributed by atoms with van der Waals surface area (Å²) in [6.07, 6.45) is 4.93. The molecule has 1 aliphatic rings. The summed E-state index contributed by atoms with van der Waals surface area (Å²) in [5.41, 5.74) is 2.40. The van der Waals surface area contributed by atoms with Crippen LogP contribution >= 0.6 is 0 Å². The number of benzene rings is 1. The van der Waals surface area contributed by atoms with E-state index in [4.69, 9.17) is 5.11 Å². The fourth-order valence-electron chi connectivity index (χ4n) is 1.88. The van der Waals surface area contributed by atoms with E-state index in [0.717, 1.165) is 18.9 Å². The average Bonchev–Trinajstić information content (AvgIpc) is 2.19. The zero-order valence-corrected chi connectivity index (χ0v) is 9.08. The van der Waals surface area contributed by atoms with E-state index in [-0.39, 0.29) is 6.61 Å². The predicted molar refractivity (Wildman–Crippen MR) is 63.1 cm³/mol. The lowest BCUT2D eigenvalue weighted by atomic mass is 9.85. The highest BCUT2D eigenvalue weighted by atomic mass is 16.2. The van der Waals surface area contributed by atoms with E-state index >= 15 is 0 Å². The molecule has 2 heteroatoms. The number of rotatable bonds is 5. The summed E-state index contributed by atoms with van der Waals surface area (Å²) in [4.78, 5) is 0. The van der Waals surface area contributed by atoms with Crippen LogP contribution in [0.25, 0.3) is 0 Å². The van der Waals surface area contributed by atoms with Gasteiger partial charge in [-0.05, 0) is 42.9 Å². The van der Waals surface area contributed by atoms with Crippen LogP contribution in [-0.2, 0) is 6.42 Å². The van der Waals surface area contributed by atoms with E-state index in [1.165, 1.54) is 30.5 Å². The zero-order chi connectivity index (χ0) is 10.5. The second-order valence-corrected chi connectivity index (χ2v) is 4.35. The molecule has 1 fully saturated rings. The maximum absolute atomic E-state index is 8.79. The summed E-state index contributed by atoms with van der Waals surface area (Å²) < 4.78 is 0. The van der Waals surface area contributed by atoms with Crippen molar-refractivity contribution in [3.8, 4) is 0 Å². The Bertz CT molecular complexity index is 290. The molecule has 0 saturated heterocycles. The normalized spacial score (nSPS) is 16.1. The van der Waals surface area contributed by atoms with Gasteiger partial charge in [-0.2, -0.15) is 0 Å². The largest absolute Gasteiger partial charge is 0.396 e. The second kappa shape index (κ2) is 5.17. The van der Waals surface area contributed by atoms with Crippen LogP contribution in [0.5, 0.6) is 0 Å². The molecule has 0 spiro atoms. The molecule has 2 nitrogen and oxygen atoms in total. The summed E-state index contributed by atoms with van der Waals surface area (Å²) in [7, 11) is 0. The van der Waals surface area contributed by atoms with Crippen molar-refractivity contribution >= 4 is 5.69 Å². The molecule has 1 saturated carbocycles. The quantitative estimate of drug-likeness (QED) is 0.773. The van der Waals surface area contributed by atoms with Crippen molar-refractivity contribution in [2.24, 2.45) is 5.92 Å². The highest BCUT2D eigenvalue weighted by Crippen LogP contribution is 2.26. The molecule has 1 aliphatic carbocycles. The van der Waals surface area contributed by atoms with Crippen molar-refractivity contribution in [2.45, 2.75) is 25.7 Å². The Balaban J connectivity index is 1.80. The van der Waals surface area contributed by atoms with Crippen LogP contribution in [0.4, 0.5) is 5.69 Å². The molecule has 0 amide bonds. The first-order valence-corrected chi connectivity index (χ1v) is 5.82. The molecule has 0 heterocycles. The van der Waals surface area contributed by atoms with Gasteiger partial charge in [-0.1, -0.05) is 18.6 Å². The number of anilines is 1. The molecule has 0 aromatic heterocycles. The Hall–Kier alpha value is -1.02. The third-order valence-corrected chi connectivity index (χ3v) is 3.17. The van der Waals surface area contributed by atoms with Gasteiger partial charge in [0, 0.05) is 18.8 Å². The molecule has 1 aromatic rings. The molecule has 0 radical (unpaired) electrons. The Labute approximate surface area is 91.3 Å². The molecule has 0 atom stereocenters. The Kier molecular flexibility index (Phi) is 3.62. The van der Waals surface area contributed by atoms with Crippen molar-refractivity contribution in [3.63, 3.8) is 0 Å². The Morgan fingerprint density at radius 3 is 2.47 bits per heavy atom. The van der Waals surface area contributed by atoms with E-state index in [1.54, 1.807) is 0 Å². The van der Waals surface area contributed by atoms with E-state index in [0.29, 0.717) is 0 Å². The number of nitrogens with one attached hydrogen (secondary N) is 1. The maximum Gasteiger partial charge on any atom is 0.0471 e. The lowest BCUT2D eigenvalue weighted by molar-refractivity contribution is 0.299. The zero-order valence-electron chi connectivity index (χ0n) is 9.08. The van der Waals surface area contributed by atoms with Crippen LogP contribution in [0.1, 0.15) is 24.8 Å². The third kappa shape index (κ3) is 2.96. The van der Waals surface area contributed by atoms with Gasteiger partial charge in [-0.15, -0.1) is 0 Å². The van der Waals surface area contributed by atoms with Crippen molar-refractivity contribution in [1.82, 2.24) is 0 Å². The van der Waals surface area contributed by atoms with Crippen molar-refractivity contribution in [3.05, 3.63) is 29.8 Å². The maximum atomic E-state index is 8.79. The van der Waals surface area contributed by atoms with E-state index in [9.17, 15) is 0 Å². The Morgan fingerprint density at radius 2 is 1.93 bits per heavy atom. The highest BCUT2D eigenvalue weighted by molar-refractivity contribution is 5.44. The third-order valence-electron chi connectivity index (χ3n) is 3.17. The van der Waals surface area contributed by atoms with Crippen LogP contribution in [0.2, 0.25) is 0 Å². The number of aliphatic hydroxyl groups excluding tert-OH is 1. The molecule has 1 aromatic carbocycles. The summed E-state index contributed by atoms with van der Waals surface area (Å²) in [5.74, 6) is 0.891. The van der Waals surface area contributed by atoms with Crippen molar-refractivity contribution < 1.29 is 5.11 Å². The molecular weight excluding hydrogens is 186 g/mol. The standard InChI is InChI=1S/C13H19NO/c15-9-8-11-4-6-13(7-5-11)14-10-12-2-1-3-12/h4-7,12,14-15H,1-3,8-10H2. The van der Waals surface area contributed by atoms with Crippen LogP contribution in [0.15, 0.2) is 24.3 Å². The van der Waals surface area contributed by atoms with Crippen LogP contribution in [-0.4, -0.2) is 18.3 Å². The van der Waals surface area contributed by atoms with Gasteiger partial charge in [0.2, 0.25) is 0 Å². The first-order chi connectivity index (χ1) is 7.38. The molecule has 0 aliphatic heterocycles. The monoisotopic (exact) mass is 205 g/mol. The molecule has 2 rings (SSSR count). The SMILES string of the molecule is OCCc1ccc(NCC2CCC2)cc1. The highest BCUT2D eigenvalue weighted by Gasteiger charge is 2.16. The Morgan fingerprint density at radius 1 is 1.20 bits per heavy atom. The summed E-state index contributed by atoms with van der Waals surface area (Å²) in [6, 6.07) is 8.37. The fourth-order valence-corrected chi connectivity index (χ4v) is 1.88. The van der Waals surface area contributed by atoms with Crippen molar-refractivity contribution in [2.75, 3.05) is 18.5 Å². The minimum absolute atomic E-state index is 0.231. The number of hydrogen-bond acceptors (Lipinski definition) is 2. The van der Waals surface area contributed by atoms with Gasteiger partial charge in [0.05, 0.1) is 0 Å². The summed E-state index contributed by atoms with van der Waals surface area (Å²) >= 11 is 0. The van der Waals surface area contributed by atoms with Gasteiger partial charge in [0.15, 0.2) is 0 Å². The van der Waals surface area contributed by atoms with Gasteiger partial charge in [-0.25, -0.2) is 0 Å². The lowest BCUT2D eigenvalue weighted by Crippen LogP contribution is -2.20. The average molecular weight is 205 g/mol. The molecular formula is C13H19NO. The first kappa shape index (κ1) is 10.5. The topological polar surface area (TPSA) is 32.3 Å². The summed E-state index contributed by atoms with van der Waals surface area (Å²) in [5, 5.41) is 12.2. The van der Waals surface area contributed by atoms with Gasteiger partial charge in [0.25, 0.3) is 0 Å². The summed E-state index contributed by atoms with van der Waals surface area (Å²) in [6.45, 7) is 1.34. The molecule has 0 bridgehead atoms. The van der Waals surface area contributed by atoms with Crippen LogP contribution in [0, 0.1) is 5.92 Å². The predicted octanol–water partition coefficient (Wildman–Crippen LogP) is 2.43. The van der Waals surface area contributed by atoms with Gasteiger partial charge in [0.1, 0.15) is 0 Å². The van der Waals surface area contributed by atoms with Crippen LogP contribution < -0.4 is 5.32 Å². The number of hydrogen-bond donors (Lipinski definition) is 2. The lowest BCUT2D eigenvalue weighted by Gasteiger charge is -2.25. The minimum Gasteiger partial charge on any atom is -0.396 e. The first-order valence-electron chi connectivity index (χ1n) is 5.82. The second-order valence-electron chi connectivity index (χ2n) is 4.35.